The molecule has 2 aromatic heterocycles. The first kappa shape index (κ1) is 12.3. The number of aromatic amines is 1. The zero-order valence-corrected chi connectivity index (χ0v) is 11.7. The number of nitrogens with one attached hydrogen (secondary N) is 1. The van der Waals surface area contributed by atoms with Crippen molar-refractivity contribution in [2.75, 3.05) is 6.54 Å². The van der Waals surface area contributed by atoms with Crippen molar-refractivity contribution >= 4 is 17.2 Å². The Morgan fingerprint density at radius 2 is 2.47 bits per heavy atom. The molecule has 0 spiro atoms. The van der Waals surface area contributed by atoms with Gasteiger partial charge in [-0.1, -0.05) is 6.92 Å². The lowest BCUT2D eigenvalue weighted by Gasteiger charge is -2.25. The summed E-state index contributed by atoms with van der Waals surface area (Å²) in [4.78, 5) is 19.8. The number of carbonyl (C=O) groups excluding carboxylic acids is 1. The zero-order chi connectivity index (χ0) is 13.2. The lowest BCUT2D eigenvalue weighted by Crippen LogP contribution is -2.36. The molecule has 1 aliphatic heterocycles. The van der Waals surface area contributed by atoms with Gasteiger partial charge in [0.1, 0.15) is 5.82 Å². The molecule has 0 unspecified atom stereocenters. The molecular formula is C13H16N4OS. The fourth-order valence-corrected chi connectivity index (χ4v) is 3.19. The maximum atomic E-state index is 12.3. The molecule has 6 heteroatoms. The number of aromatic nitrogens is 3. The smallest absolute Gasteiger partial charge is 0.293 e. The lowest BCUT2D eigenvalue weighted by molar-refractivity contribution is 0.0724. The molecule has 5 nitrogen and oxygen atoms in total. The van der Waals surface area contributed by atoms with Gasteiger partial charge in [-0.25, -0.2) is 4.98 Å². The third-order valence-electron chi connectivity index (χ3n) is 3.30. The molecule has 0 radical (unpaired) electrons. The summed E-state index contributed by atoms with van der Waals surface area (Å²) in [5, 5.41) is 8.95. The van der Waals surface area contributed by atoms with E-state index in [9.17, 15) is 4.79 Å². The molecule has 2 aromatic rings. The summed E-state index contributed by atoms with van der Waals surface area (Å²) in [5.41, 5.74) is 1.26. The normalized spacial score (nSPS) is 14.5. The minimum atomic E-state index is -0.0737. The van der Waals surface area contributed by atoms with E-state index in [1.165, 1.54) is 10.4 Å². The van der Waals surface area contributed by atoms with E-state index in [1.54, 1.807) is 11.3 Å². The number of H-pyrrole nitrogens is 1. The van der Waals surface area contributed by atoms with Gasteiger partial charge in [0.2, 0.25) is 5.82 Å². The molecule has 1 amide bonds. The largest absolute Gasteiger partial charge is 0.331 e. The zero-order valence-electron chi connectivity index (χ0n) is 10.8. The number of carbonyl (C=O) groups is 1. The van der Waals surface area contributed by atoms with Crippen molar-refractivity contribution in [3.05, 3.63) is 33.5 Å². The second-order valence-electron chi connectivity index (χ2n) is 4.70. The van der Waals surface area contributed by atoms with Gasteiger partial charge in [0.25, 0.3) is 5.91 Å². The maximum absolute atomic E-state index is 12.3. The Balaban J connectivity index is 1.74. The van der Waals surface area contributed by atoms with Crippen LogP contribution in [0.15, 0.2) is 11.4 Å². The number of thiophene rings is 1. The predicted octanol–water partition coefficient (Wildman–Crippen LogP) is 2.02. The molecule has 0 aromatic carbocycles. The van der Waals surface area contributed by atoms with Crippen LogP contribution >= 0.6 is 11.3 Å². The van der Waals surface area contributed by atoms with Crippen LogP contribution in [0.5, 0.6) is 0 Å². The monoisotopic (exact) mass is 276 g/mol. The van der Waals surface area contributed by atoms with Crippen molar-refractivity contribution in [1.29, 1.82) is 0 Å². The van der Waals surface area contributed by atoms with Crippen molar-refractivity contribution in [1.82, 2.24) is 20.1 Å². The molecule has 0 fully saturated rings. The average molecular weight is 276 g/mol. The molecule has 0 atom stereocenters. The van der Waals surface area contributed by atoms with Gasteiger partial charge in [0.05, 0.1) is 0 Å². The molecule has 3 heterocycles. The first-order valence-electron chi connectivity index (χ1n) is 6.53. The Labute approximate surface area is 115 Å². The summed E-state index contributed by atoms with van der Waals surface area (Å²) < 4.78 is 0. The van der Waals surface area contributed by atoms with Gasteiger partial charge < -0.3 is 4.90 Å². The van der Waals surface area contributed by atoms with Gasteiger partial charge in [-0.2, -0.15) is 0 Å². The van der Waals surface area contributed by atoms with Gasteiger partial charge in [0, 0.05) is 24.4 Å². The second-order valence-corrected chi connectivity index (χ2v) is 5.70. The summed E-state index contributed by atoms with van der Waals surface area (Å²) in [7, 11) is 0. The van der Waals surface area contributed by atoms with E-state index in [0.717, 1.165) is 31.6 Å². The van der Waals surface area contributed by atoms with Gasteiger partial charge in [-0.15, -0.1) is 16.4 Å². The van der Waals surface area contributed by atoms with E-state index in [2.05, 4.69) is 33.6 Å². The Hall–Kier alpha value is -1.69. The number of hydrogen-bond acceptors (Lipinski definition) is 4. The van der Waals surface area contributed by atoms with Gasteiger partial charge in [-0.3, -0.25) is 9.89 Å². The van der Waals surface area contributed by atoms with Gasteiger partial charge in [0.15, 0.2) is 0 Å². The minimum absolute atomic E-state index is 0.0737. The SMILES string of the molecule is CCCc1nc(C(=O)N2CCc3sccc3C2)n[nH]1. The summed E-state index contributed by atoms with van der Waals surface area (Å²) in [5.74, 6) is 1.01. The number of amides is 1. The highest BCUT2D eigenvalue weighted by Gasteiger charge is 2.25. The van der Waals surface area contributed by atoms with Crippen molar-refractivity contribution in [2.24, 2.45) is 0 Å². The van der Waals surface area contributed by atoms with E-state index in [0.29, 0.717) is 12.4 Å². The maximum Gasteiger partial charge on any atom is 0.293 e. The standard InChI is InChI=1S/C13H16N4OS/c1-2-3-11-14-12(16-15-11)13(18)17-6-4-10-9(8-17)5-7-19-10/h5,7H,2-4,6,8H2,1H3,(H,14,15,16). The van der Waals surface area contributed by atoms with Crippen LogP contribution < -0.4 is 0 Å². The molecule has 1 aliphatic rings. The van der Waals surface area contributed by atoms with Crippen LogP contribution in [-0.4, -0.2) is 32.5 Å². The van der Waals surface area contributed by atoms with Crippen LogP contribution in [-0.2, 0) is 19.4 Å². The van der Waals surface area contributed by atoms with Crippen LogP contribution in [0.2, 0.25) is 0 Å². The number of rotatable bonds is 3. The summed E-state index contributed by atoms with van der Waals surface area (Å²) in [6.45, 7) is 3.51. The summed E-state index contributed by atoms with van der Waals surface area (Å²) in [6.07, 6.45) is 2.75. The predicted molar refractivity (Wildman–Crippen MR) is 73.1 cm³/mol. The fraction of sp³-hybridized carbons (Fsp3) is 0.462. The highest BCUT2D eigenvalue weighted by molar-refractivity contribution is 7.10. The van der Waals surface area contributed by atoms with Crippen molar-refractivity contribution in [3.8, 4) is 0 Å². The highest BCUT2D eigenvalue weighted by Crippen LogP contribution is 2.24. The van der Waals surface area contributed by atoms with Crippen molar-refractivity contribution in [3.63, 3.8) is 0 Å². The molecular weight excluding hydrogens is 260 g/mol. The molecule has 19 heavy (non-hydrogen) atoms. The summed E-state index contributed by atoms with van der Waals surface area (Å²) in [6, 6.07) is 2.10. The summed E-state index contributed by atoms with van der Waals surface area (Å²) >= 11 is 1.77. The Kier molecular flexibility index (Phi) is 3.33. The fourth-order valence-electron chi connectivity index (χ4n) is 2.30. The second kappa shape index (κ2) is 5.13. The highest BCUT2D eigenvalue weighted by atomic mass is 32.1. The third-order valence-corrected chi connectivity index (χ3v) is 4.33. The van der Waals surface area contributed by atoms with Crippen LogP contribution in [0.25, 0.3) is 0 Å². The number of hydrogen-bond donors (Lipinski definition) is 1. The minimum Gasteiger partial charge on any atom is -0.331 e. The molecule has 0 saturated carbocycles. The van der Waals surface area contributed by atoms with Crippen LogP contribution in [0.3, 0.4) is 0 Å². The molecule has 0 bridgehead atoms. The third kappa shape index (κ3) is 2.40. The van der Waals surface area contributed by atoms with Crippen molar-refractivity contribution in [2.45, 2.75) is 32.7 Å². The van der Waals surface area contributed by atoms with E-state index < -0.39 is 0 Å². The molecule has 100 valence electrons. The van der Waals surface area contributed by atoms with Crippen LogP contribution in [0.1, 0.15) is 40.2 Å². The van der Waals surface area contributed by atoms with Crippen molar-refractivity contribution < 1.29 is 4.79 Å². The average Bonchev–Trinajstić information content (AvgIpc) is 3.05. The van der Waals surface area contributed by atoms with E-state index in [1.807, 2.05) is 4.90 Å². The molecule has 0 saturated heterocycles. The Bertz CT molecular complexity index is 589. The quantitative estimate of drug-likeness (QED) is 0.933. The number of nitrogens with zero attached hydrogens (tertiary/aromatic N) is 3. The van der Waals surface area contributed by atoms with Crippen LogP contribution in [0, 0.1) is 0 Å². The van der Waals surface area contributed by atoms with Crippen LogP contribution in [0.4, 0.5) is 0 Å². The lowest BCUT2D eigenvalue weighted by atomic mass is 10.1. The number of aryl methyl sites for hydroxylation is 1. The Morgan fingerprint density at radius 3 is 3.32 bits per heavy atom. The van der Waals surface area contributed by atoms with Gasteiger partial charge >= 0.3 is 0 Å². The molecule has 3 rings (SSSR count). The Morgan fingerprint density at radius 1 is 1.58 bits per heavy atom. The van der Waals surface area contributed by atoms with E-state index in [4.69, 9.17) is 0 Å². The molecule has 1 N–H and O–H groups in total. The topological polar surface area (TPSA) is 61.9 Å². The van der Waals surface area contributed by atoms with E-state index in [-0.39, 0.29) is 5.91 Å². The first-order chi connectivity index (χ1) is 9.28. The molecule has 0 aliphatic carbocycles. The van der Waals surface area contributed by atoms with Gasteiger partial charge in [-0.05, 0) is 29.9 Å². The van der Waals surface area contributed by atoms with E-state index >= 15 is 0 Å². The number of fused-ring (bicyclic) bond motifs is 1. The first-order valence-corrected chi connectivity index (χ1v) is 7.41.